The minimum absolute atomic E-state index is 0.676. The van der Waals surface area contributed by atoms with Crippen LogP contribution in [0, 0.1) is 0 Å². The number of alkyl halides is 1. The molecule has 0 bridgehead atoms. The molecule has 0 heterocycles. The van der Waals surface area contributed by atoms with Gasteiger partial charge in [0.15, 0.2) is 0 Å². The van der Waals surface area contributed by atoms with Gasteiger partial charge in [-0.05, 0) is 19.9 Å². The number of hydrogen-bond acceptors (Lipinski definition) is 2. The lowest BCUT2D eigenvalue weighted by atomic mass is 10.2. The third-order valence-electron chi connectivity index (χ3n) is 1.79. The van der Waals surface area contributed by atoms with Crippen LogP contribution in [0.5, 0.6) is 11.5 Å². The van der Waals surface area contributed by atoms with Crippen LogP contribution in [0.4, 0.5) is 0 Å². The van der Waals surface area contributed by atoms with Crippen molar-refractivity contribution in [3.63, 3.8) is 0 Å². The molecule has 0 aromatic heterocycles. The summed E-state index contributed by atoms with van der Waals surface area (Å²) in [6.07, 6.45) is 0. The summed E-state index contributed by atoms with van der Waals surface area (Å²) in [5, 5.41) is 0.800. The van der Waals surface area contributed by atoms with E-state index in [-0.39, 0.29) is 0 Å². The summed E-state index contributed by atoms with van der Waals surface area (Å²) in [5.41, 5.74) is 1.15. The SMILES string of the molecule is CCOc1ccc(CBr)c(OCC)c1. The second-order valence-corrected chi connectivity index (χ2v) is 3.33. The van der Waals surface area contributed by atoms with Gasteiger partial charge in [-0.25, -0.2) is 0 Å². The first-order valence-corrected chi connectivity index (χ1v) is 5.88. The summed E-state index contributed by atoms with van der Waals surface area (Å²) in [7, 11) is 0. The summed E-state index contributed by atoms with van der Waals surface area (Å²) in [6.45, 7) is 5.30. The van der Waals surface area contributed by atoms with Crippen LogP contribution in [-0.4, -0.2) is 13.2 Å². The molecule has 3 heteroatoms. The Bertz CT molecular complexity index is 287. The van der Waals surface area contributed by atoms with Gasteiger partial charge in [-0.3, -0.25) is 0 Å². The minimum atomic E-state index is 0.676. The summed E-state index contributed by atoms with van der Waals surface area (Å²) in [4.78, 5) is 0. The van der Waals surface area contributed by atoms with E-state index in [1.807, 2.05) is 32.0 Å². The van der Waals surface area contributed by atoms with E-state index < -0.39 is 0 Å². The molecular formula is C11H15BrO2. The van der Waals surface area contributed by atoms with Crippen molar-refractivity contribution in [2.24, 2.45) is 0 Å². The van der Waals surface area contributed by atoms with Crippen molar-refractivity contribution in [3.8, 4) is 11.5 Å². The highest BCUT2D eigenvalue weighted by atomic mass is 79.9. The molecule has 0 radical (unpaired) electrons. The second kappa shape index (κ2) is 5.91. The molecule has 2 nitrogen and oxygen atoms in total. The zero-order chi connectivity index (χ0) is 10.4. The van der Waals surface area contributed by atoms with E-state index in [0.29, 0.717) is 13.2 Å². The number of rotatable bonds is 5. The van der Waals surface area contributed by atoms with Crippen molar-refractivity contribution >= 4 is 15.9 Å². The summed E-state index contributed by atoms with van der Waals surface area (Å²) in [6, 6.07) is 5.91. The average Bonchev–Trinajstić information content (AvgIpc) is 2.19. The maximum absolute atomic E-state index is 5.50. The molecule has 78 valence electrons. The molecule has 0 aliphatic heterocycles. The Kier molecular flexibility index (Phi) is 4.80. The van der Waals surface area contributed by atoms with Gasteiger partial charge >= 0.3 is 0 Å². The lowest BCUT2D eigenvalue weighted by Crippen LogP contribution is -1.97. The van der Waals surface area contributed by atoms with Gasteiger partial charge in [0.05, 0.1) is 13.2 Å². The van der Waals surface area contributed by atoms with Crippen molar-refractivity contribution in [1.29, 1.82) is 0 Å². The van der Waals surface area contributed by atoms with E-state index >= 15 is 0 Å². The quantitative estimate of drug-likeness (QED) is 0.755. The molecule has 0 fully saturated rings. The first-order valence-electron chi connectivity index (χ1n) is 4.76. The Hall–Kier alpha value is -0.700. The summed E-state index contributed by atoms with van der Waals surface area (Å²) >= 11 is 3.42. The first-order chi connectivity index (χ1) is 6.81. The predicted molar refractivity (Wildman–Crippen MR) is 61.4 cm³/mol. The highest BCUT2D eigenvalue weighted by Crippen LogP contribution is 2.26. The van der Waals surface area contributed by atoms with Gasteiger partial charge in [-0.2, -0.15) is 0 Å². The standard InChI is InChI=1S/C11H15BrO2/c1-3-13-10-6-5-9(8-12)11(7-10)14-4-2/h5-7H,3-4,8H2,1-2H3. The lowest BCUT2D eigenvalue weighted by Gasteiger charge is -2.10. The molecule has 0 amide bonds. The molecule has 0 aliphatic carbocycles. The fourth-order valence-corrected chi connectivity index (χ4v) is 1.65. The molecule has 14 heavy (non-hydrogen) atoms. The fraction of sp³-hybridized carbons (Fsp3) is 0.455. The van der Waals surface area contributed by atoms with Gasteiger partial charge in [-0.1, -0.05) is 22.0 Å². The topological polar surface area (TPSA) is 18.5 Å². The monoisotopic (exact) mass is 258 g/mol. The molecule has 0 atom stereocenters. The van der Waals surface area contributed by atoms with E-state index in [0.717, 1.165) is 22.4 Å². The van der Waals surface area contributed by atoms with Crippen LogP contribution in [0.15, 0.2) is 18.2 Å². The van der Waals surface area contributed by atoms with Crippen molar-refractivity contribution < 1.29 is 9.47 Å². The Morgan fingerprint density at radius 2 is 1.86 bits per heavy atom. The molecule has 0 saturated carbocycles. The molecule has 0 N–H and O–H groups in total. The normalized spacial score (nSPS) is 9.93. The van der Waals surface area contributed by atoms with Crippen molar-refractivity contribution in [2.75, 3.05) is 13.2 Å². The van der Waals surface area contributed by atoms with Crippen LogP contribution in [0.25, 0.3) is 0 Å². The number of hydrogen-bond donors (Lipinski definition) is 0. The molecule has 0 unspecified atom stereocenters. The van der Waals surface area contributed by atoms with Gasteiger partial charge in [0.2, 0.25) is 0 Å². The van der Waals surface area contributed by atoms with Gasteiger partial charge in [0.1, 0.15) is 11.5 Å². The molecule has 0 aliphatic rings. The van der Waals surface area contributed by atoms with Crippen LogP contribution >= 0.6 is 15.9 Å². The van der Waals surface area contributed by atoms with E-state index in [2.05, 4.69) is 15.9 Å². The average molecular weight is 259 g/mol. The van der Waals surface area contributed by atoms with Crippen molar-refractivity contribution in [3.05, 3.63) is 23.8 Å². The fourth-order valence-electron chi connectivity index (χ4n) is 1.19. The van der Waals surface area contributed by atoms with Crippen molar-refractivity contribution in [2.45, 2.75) is 19.2 Å². The molecule has 1 rings (SSSR count). The van der Waals surface area contributed by atoms with Crippen LogP contribution < -0.4 is 9.47 Å². The largest absolute Gasteiger partial charge is 0.494 e. The molecule has 1 aromatic rings. The third kappa shape index (κ3) is 2.91. The first kappa shape index (κ1) is 11.4. The van der Waals surface area contributed by atoms with E-state index in [1.165, 1.54) is 0 Å². The number of benzene rings is 1. The lowest BCUT2D eigenvalue weighted by molar-refractivity contribution is 0.321. The Morgan fingerprint density at radius 3 is 2.43 bits per heavy atom. The zero-order valence-electron chi connectivity index (χ0n) is 8.55. The van der Waals surface area contributed by atoms with Crippen LogP contribution in [-0.2, 0) is 5.33 Å². The van der Waals surface area contributed by atoms with Crippen LogP contribution in [0.2, 0.25) is 0 Å². The minimum Gasteiger partial charge on any atom is -0.494 e. The molecule has 1 aromatic carbocycles. The highest BCUT2D eigenvalue weighted by Gasteiger charge is 2.03. The van der Waals surface area contributed by atoms with Crippen LogP contribution in [0.1, 0.15) is 19.4 Å². The third-order valence-corrected chi connectivity index (χ3v) is 2.40. The smallest absolute Gasteiger partial charge is 0.127 e. The molecule has 0 saturated heterocycles. The van der Waals surface area contributed by atoms with Crippen LogP contribution in [0.3, 0.4) is 0 Å². The maximum Gasteiger partial charge on any atom is 0.127 e. The van der Waals surface area contributed by atoms with Crippen molar-refractivity contribution in [1.82, 2.24) is 0 Å². The summed E-state index contributed by atoms with van der Waals surface area (Å²) in [5.74, 6) is 1.76. The van der Waals surface area contributed by atoms with E-state index in [9.17, 15) is 0 Å². The molecule has 0 spiro atoms. The predicted octanol–water partition coefficient (Wildman–Crippen LogP) is 3.38. The Balaban J connectivity index is 2.88. The maximum atomic E-state index is 5.50. The number of ether oxygens (including phenoxy) is 2. The van der Waals surface area contributed by atoms with E-state index in [1.54, 1.807) is 0 Å². The van der Waals surface area contributed by atoms with E-state index in [4.69, 9.17) is 9.47 Å². The zero-order valence-corrected chi connectivity index (χ0v) is 10.1. The Labute approximate surface area is 93.4 Å². The van der Waals surface area contributed by atoms with Gasteiger partial charge in [-0.15, -0.1) is 0 Å². The second-order valence-electron chi connectivity index (χ2n) is 2.77. The van der Waals surface area contributed by atoms with Gasteiger partial charge in [0.25, 0.3) is 0 Å². The molecular weight excluding hydrogens is 244 g/mol. The number of halogens is 1. The van der Waals surface area contributed by atoms with Gasteiger partial charge < -0.3 is 9.47 Å². The Morgan fingerprint density at radius 1 is 1.14 bits per heavy atom. The summed E-state index contributed by atoms with van der Waals surface area (Å²) < 4.78 is 10.9. The highest BCUT2D eigenvalue weighted by molar-refractivity contribution is 9.08. The van der Waals surface area contributed by atoms with Gasteiger partial charge in [0, 0.05) is 17.0 Å².